The number of carbonyl (C=O) groups excluding carboxylic acids is 2. The summed E-state index contributed by atoms with van der Waals surface area (Å²) in [5.41, 5.74) is 1.20. The molecular weight excluding hydrogens is 200 g/mol. The lowest BCUT2D eigenvalue weighted by atomic mass is 10.0. The summed E-state index contributed by atoms with van der Waals surface area (Å²) in [7, 11) is 0. The highest BCUT2D eigenvalue weighted by atomic mass is 16.2. The molecule has 16 heavy (non-hydrogen) atoms. The van der Waals surface area contributed by atoms with E-state index in [1.54, 1.807) is 24.3 Å². The molecule has 0 saturated heterocycles. The first-order valence-electron chi connectivity index (χ1n) is 5.02. The maximum atomic E-state index is 9.87. The number of rotatable bonds is 3. The molecule has 0 aliphatic heterocycles. The summed E-state index contributed by atoms with van der Waals surface area (Å²) < 4.78 is 0. The smallest absolute Gasteiger partial charge is 0.263 e. The van der Waals surface area contributed by atoms with Gasteiger partial charge in [-0.1, -0.05) is 36.4 Å². The first-order valence-corrected chi connectivity index (χ1v) is 5.02. The molecule has 2 aromatic carbocycles. The fourth-order valence-corrected chi connectivity index (χ4v) is 1.47. The van der Waals surface area contributed by atoms with Crippen LogP contribution < -0.4 is 0 Å². The van der Waals surface area contributed by atoms with Gasteiger partial charge in [-0.05, 0) is 24.3 Å². The maximum absolute atomic E-state index is 9.87. The highest BCUT2D eigenvalue weighted by Gasteiger charge is 2.30. The minimum atomic E-state index is -0.105. The average Bonchev–Trinajstić information content (AvgIpc) is 2.39. The summed E-state index contributed by atoms with van der Waals surface area (Å²) in [4.78, 5) is 19.7. The van der Waals surface area contributed by atoms with Crippen LogP contribution in [0.15, 0.2) is 60.7 Å². The van der Waals surface area contributed by atoms with E-state index in [2.05, 4.69) is 0 Å². The molecule has 0 radical (unpaired) electrons. The van der Waals surface area contributed by atoms with Crippen molar-refractivity contribution in [2.24, 2.45) is 0 Å². The van der Waals surface area contributed by atoms with Crippen LogP contribution in [0.2, 0.25) is 0 Å². The van der Waals surface area contributed by atoms with Gasteiger partial charge in [0.2, 0.25) is 0 Å². The molecule has 0 saturated carbocycles. The number of benzene rings is 2. The molecule has 2 N–H and O–H groups in total. The Bertz CT molecular complexity index is 451. The van der Waals surface area contributed by atoms with Gasteiger partial charge in [-0.15, -0.1) is 0 Å². The van der Waals surface area contributed by atoms with E-state index in [-0.39, 0.29) is 11.6 Å². The summed E-state index contributed by atoms with van der Waals surface area (Å²) in [6.07, 6.45) is 0. The van der Waals surface area contributed by atoms with Gasteiger partial charge >= 0.3 is 11.6 Å². The van der Waals surface area contributed by atoms with Crippen molar-refractivity contribution in [1.82, 2.24) is 0 Å². The van der Waals surface area contributed by atoms with E-state index < -0.39 is 0 Å². The lowest BCUT2D eigenvalue weighted by Crippen LogP contribution is -2.16. The quantitative estimate of drug-likeness (QED) is 0.425. The second kappa shape index (κ2) is 4.53. The third kappa shape index (κ3) is 2.06. The lowest BCUT2D eigenvalue weighted by molar-refractivity contribution is 0.652. The van der Waals surface area contributed by atoms with Crippen LogP contribution in [0, 0.1) is 0 Å². The topological polar surface area (TPSA) is 42.8 Å². The fourth-order valence-electron chi connectivity index (χ4n) is 1.47. The molecule has 0 spiro atoms. The SMILES string of the molecule is [OH+]=C(C(=[OH+])c1ccccc1)c1ccccc1. The molecule has 78 valence electrons. The Morgan fingerprint density at radius 3 is 1.19 bits per heavy atom. The Morgan fingerprint density at radius 1 is 0.562 bits per heavy atom. The van der Waals surface area contributed by atoms with Crippen molar-refractivity contribution in [3.63, 3.8) is 0 Å². The molecule has 0 aliphatic carbocycles. The first-order chi connectivity index (χ1) is 7.79. The molecule has 0 aliphatic rings. The average molecular weight is 212 g/mol. The highest BCUT2D eigenvalue weighted by Crippen LogP contribution is 2.06. The predicted molar refractivity (Wildman–Crippen MR) is 65.0 cm³/mol. The summed E-state index contributed by atoms with van der Waals surface area (Å²) in [5, 5.41) is 0. The molecule has 0 atom stereocenters. The zero-order valence-corrected chi connectivity index (χ0v) is 8.67. The van der Waals surface area contributed by atoms with Gasteiger partial charge in [0.15, 0.2) is 0 Å². The van der Waals surface area contributed by atoms with Gasteiger partial charge in [0, 0.05) is 0 Å². The summed E-state index contributed by atoms with van der Waals surface area (Å²) >= 11 is 0. The number of hydrogen-bond donors (Lipinski definition) is 0. The van der Waals surface area contributed by atoms with E-state index >= 15 is 0 Å². The molecule has 2 heteroatoms. The van der Waals surface area contributed by atoms with Gasteiger partial charge in [-0.2, -0.15) is 0 Å². The number of ketones is 2. The van der Waals surface area contributed by atoms with Crippen LogP contribution in [0.25, 0.3) is 0 Å². The molecule has 0 aromatic heterocycles. The molecule has 2 nitrogen and oxygen atoms in total. The zero-order valence-electron chi connectivity index (χ0n) is 8.67. The van der Waals surface area contributed by atoms with E-state index in [4.69, 9.17) is 0 Å². The number of hydrogen-bond acceptors (Lipinski definition) is 0. The molecule has 0 unspecified atom stereocenters. The monoisotopic (exact) mass is 212 g/mol. The lowest BCUT2D eigenvalue weighted by Gasteiger charge is -1.91. The van der Waals surface area contributed by atoms with E-state index in [1.165, 1.54) is 0 Å². The summed E-state index contributed by atoms with van der Waals surface area (Å²) in [6.45, 7) is 0. The van der Waals surface area contributed by atoms with Crippen molar-refractivity contribution in [2.45, 2.75) is 0 Å². The van der Waals surface area contributed by atoms with E-state index in [9.17, 15) is 9.59 Å². The Labute approximate surface area is 93.5 Å². The van der Waals surface area contributed by atoms with Gasteiger partial charge in [0.1, 0.15) is 0 Å². The van der Waals surface area contributed by atoms with Crippen molar-refractivity contribution in [2.75, 3.05) is 0 Å². The largest absolute Gasteiger partial charge is 0.449 e. The van der Waals surface area contributed by atoms with Crippen LogP contribution in [0.1, 0.15) is 11.1 Å². The van der Waals surface area contributed by atoms with Crippen LogP contribution in [-0.2, 0) is 0 Å². The molecule has 0 amide bonds. The van der Waals surface area contributed by atoms with Gasteiger partial charge < -0.3 is 0 Å². The van der Waals surface area contributed by atoms with E-state index in [0.29, 0.717) is 11.1 Å². The predicted octanol–water partition coefficient (Wildman–Crippen LogP) is 2.17. The van der Waals surface area contributed by atoms with Crippen LogP contribution in [0.4, 0.5) is 0 Å². The van der Waals surface area contributed by atoms with Crippen LogP contribution in [0.3, 0.4) is 0 Å². The second-order valence-corrected chi connectivity index (χ2v) is 3.43. The molecule has 0 heterocycles. The molecular formula is C14H12O2+2. The molecule has 2 aromatic rings. The Balaban J connectivity index is 2.28. The van der Waals surface area contributed by atoms with Crippen molar-refractivity contribution < 1.29 is 9.59 Å². The highest BCUT2D eigenvalue weighted by molar-refractivity contribution is 6.49. The van der Waals surface area contributed by atoms with Gasteiger partial charge in [-0.25, -0.2) is 0 Å². The molecule has 0 fully saturated rings. The zero-order chi connectivity index (χ0) is 11.4. The van der Waals surface area contributed by atoms with Crippen LogP contribution >= 0.6 is 0 Å². The summed E-state index contributed by atoms with van der Waals surface area (Å²) in [6, 6.07) is 17.9. The van der Waals surface area contributed by atoms with Crippen molar-refractivity contribution >= 4 is 11.6 Å². The van der Waals surface area contributed by atoms with Gasteiger partial charge in [0.25, 0.3) is 0 Å². The second-order valence-electron chi connectivity index (χ2n) is 3.43. The maximum Gasteiger partial charge on any atom is 0.449 e. The molecule has 2 rings (SSSR count). The van der Waals surface area contributed by atoms with Gasteiger partial charge in [0.05, 0.1) is 11.1 Å². The van der Waals surface area contributed by atoms with Crippen molar-refractivity contribution in [3.05, 3.63) is 71.8 Å². The minimum absolute atomic E-state index is 0.105. The summed E-state index contributed by atoms with van der Waals surface area (Å²) in [5.74, 6) is -0.210. The normalized spacial score (nSPS) is 9.75. The fraction of sp³-hybridized carbons (Fsp3) is 0. The minimum Gasteiger partial charge on any atom is -0.263 e. The van der Waals surface area contributed by atoms with Crippen molar-refractivity contribution in [3.8, 4) is 0 Å². The Kier molecular flexibility index (Phi) is 2.92. The third-order valence-electron chi connectivity index (χ3n) is 2.32. The molecule has 0 bridgehead atoms. The van der Waals surface area contributed by atoms with Crippen LogP contribution in [-0.4, -0.2) is 21.2 Å². The Hall–Kier alpha value is -2.22. The van der Waals surface area contributed by atoms with Gasteiger partial charge in [-0.3, -0.25) is 9.59 Å². The third-order valence-corrected chi connectivity index (χ3v) is 2.32. The standard InChI is InChI=1S/C14H10O2/c15-13(11-7-3-1-4-8-11)14(16)12-9-5-2-6-10-12/h1-10H/p+2. The van der Waals surface area contributed by atoms with E-state index in [1.807, 2.05) is 36.4 Å². The van der Waals surface area contributed by atoms with Crippen molar-refractivity contribution in [1.29, 1.82) is 0 Å². The first kappa shape index (κ1) is 10.3. The van der Waals surface area contributed by atoms with E-state index in [0.717, 1.165) is 0 Å². The van der Waals surface area contributed by atoms with Crippen LogP contribution in [0.5, 0.6) is 0 Å². The Morgan fingerprint density at radius 2 is 0.875 bits per heavy atom.